The maximum atomic E-state index is 13.5. The summed E-state index contributed by atoms with van der Waals surface area (Å²) in [7, 11) is 0. The molecule has 0 saturated heterocycles. The third-order valence-electron chi connectivity index (χ3n) is 6.48. The molecular formula is C26H34F2N2O. The van der Waals surface area contributed by atoms with E-state index in [1.54, 1.807) is 0 Å². The van der Waals surface area contributed by atoms with Crippen molar-refractivity contribution in [2.45, 2.75) is 76.3 Å². The molecule has 0 aromatic heterocycles. The van der Waals surface area contributed by atoms with Gasteiger partial charge in [0.05, 0.1) is 0 Å². The quantitative estimate of drug-likeness (QED) is 0.485. The van der Waals surface area contributed by atoms with Crippen LogP contribution < -0.4 is 10.6 Å². The average molecular weight is 429 g/mol. The standard InChI is InChI=1S/C26H34F2N2O/c1-19(2)21-7-6-8-22(16-21)26(10-4-3-5-11-26)30-12-9-25(29-18-31)15-20-13-23(27)17-24(28)14-20/h6-8,13-14,16-19,25,30H,3-5,9-12,15H2,1-2H3,(H,29,31)/t25-/m1/s1. The first-order chi connectivity index (χ1) is 14.9. The number of hydrogen-bond acceptors (Lipinski definition) is 2. The van der Waals surface area contributed by atoms with E-state index in [2.05, 4.69) is 48.7 Å². The molecule has 0 unspecified atom stereocenters. The summed E-state index contributed by atoms with van der Waals surface area (Å²) in [5.41, 5.74) is 3.18. The number of nitrogens with one attached hydrogen (secondary N) is 2. The lowest BCUT2D eigenvalue weighted by Crippen LogP contribution is -2.46. The second-order valence-corrected chi connectivity index (χ2v) is 9.10. The zero-order chi connectivity index (χ0) is 22.3. The molecule has 31 heavy (non-hydrogen) atoms. The predicted molar refractivity (Wildman–Crippen MR) is 121 cm³/mol. The maximum Gasteiger partial charge on any atom is 0.207 e. The molecule has 168 valence electrons. The van der Waals surface area contributed by atoms with Gasteiger partial charge in [-0.3, -0.25) is 4.79 Å². The van der Waals surface area contributed by atoms with Crippen molar-refractivity contribution in [3.8, 4) is 0 Å². The van der Waals surface area contributed by atoms with Crippen LogP contribution in [0.1, 0.15) is 75.0 Å². The summed E-state index contributed by atoms with van der Waals surface area (Å²) in [4.78, 5) is 11.1. The number of carbonyl (C=O) groups is 1. The fourth-order valence-corrected chi connectivity index (χ4v) is 4.76. The number of amides is 1. The highest BCUT2D eigenvalue weighted by atomic mass is 19.1. The van der Waals surface area contributed by atoms with Crippen molar-refractivity contribution in [1.82, 2.24) is 10.6 Å². The third-order valence-corrected chi connectivity index (χ3v) is 6.48. The molecule has 1 amide bonds. The van der Waals surface area contributed by atoms with Crippen LogP contribution in [0.25, 0.3) is 0 Å². The fourth-order valence-electron chi connectivity index (χ4n) is 4.76. The van der Waals surface area contributed by atoms with Gasteiger partial charge in [-0.1, -0.05) is 57.4 Å². The Morgan fingerprint density at radius 1 is 1.03 bits per heavy atom. The highest BCUT2D eigenvalue weighted by Crippen LogP contribution is 2.38. The van der Waals surface area contributed by atoms with Crippen LogP contribution in [-0.2, 0) is 16.8 Å². The zero-order valence-electron chi connectivity index (χ0n) is 18.6. The average Bonchev–Trinajstić information content (AvgIpc) is 2.74. The minimum Gasteiger partial charge on any atom is -0.356 e. The van der Waals surface area contributed by atoms with Gasteiger partial charge in [-0.2, -0.15) is 0 Å². The predicted octanol–water partition coefficient (Wildman–Crippen LogP) is 5.58. The highest BCUT2D eigenvalue weighted by molar-refractivity contribution is 5.46. The van der Waals surface area contributed by atoms with Crippen LogP contribution in [0.15, 0.2) is 42.5 Å². The van der Waals surface area contributed by atoms with Crippen molar-refractivity contribution in [1.29, 1.82) is 0 Å². The summed E-state index contributed by atoms with van der Waals surface area (Å²) in [5.74, 6) is -0.707. The van der Waals surface area contributed by atoms with E-state index in [1.165, 1.54) is 42.5 Å². The van der Waals surface area contributed by atoms with E-state index >= 15 is 0 Å². The Morgan fingerprint density at radius 2 is 1.74 bits per heavy atom. The van der Waals surface area contributed by atoms with Crippen LogP contribution in [0.4, 0.5) is 8.78 Å². The number of carbonyl (C=O) groups excluding carboxylic acids is 1. The van der Waals surface area contributed by atoms with Gasteiger partial charge in [0, 0.05) is 17.6 Å². The zero-order valence-corrected chi connectivity index (χ0v) is 18.6. The van der Waals surface area contributed by atoms with Crippen molar-refractivity contribution >= 4 is 6.41 Å². The Labute approximate surface area is 184 Å². The molecule has 3 nitrogen and oxygen atoms in total. The van der Waals surface area contributed by atoms with Crippen LogP contribution in [0.5, 0.6) is 0 Å². The van der Waals surface area contributed by atoms with E-state index in [4.69, 9.17) is 0 Å². The first-order valence-corrected chi connectivity index (χ1v) is 11.4. The number of rotatable bonds is 10. The Hall–Kier alpha value is -2.27. The molecule has 0 aliphatic heterocycles. The van der Waals surface area contributed by atoms with Crippen molar-refractivity contribution in [2.75, 3.05) is 6.54 Å². The Bertz CT molecular complexity index is 842. The van der Waals surface area contributed by atoms with Crippen molar-refractivity contribution in [3.63, 3.8) is 0 Å². The van der Waals surface area contributed by atoms with Gasteiger partial charge >= 0.3 is 0 Å². The van der Waals surface area contributed by atoms with E-state index in [9.17, 15) is 13.6 Å². The molecule has 2 aromatic rings. The van der Waals surface area contributed by atoms with Gasteiger partial charge < -0.3 is 10.6 Å². The molecule has 2 aromatic carbocycles. The van der Waals surface area contributed by atoms with E-state index in [0.717, 1.165) is 25.5 Å². The maximum absolute atomic E-state index is 13.5. The van der Waals surface area contributed by atoms with Gasteiger partial charge in [0.2, 0.25) is 6.41 Å². The van der Waals surface area contributed by atoms with Gasteiger partial charge in [-0.05, 0) is 67.0 Å². The lowest BCUT2D eigenvalue weighted by atomic mass is 9.75. The van der Waals surface area contributed by atoms with Crippen molar-refractivity contribution in [2.24, 2.45) is 0 Å². The molecule has 1 aliphatic rings. The smallest absolute Gasteiger partial charge is 0.207 e. The van der Waals surface area contributed by atoms with Gasteiger partial charge in [-0.15, -0.1) is 0 Å². The van der Waals surface area contributed by atoms with Crippen molar-refractivity contribution in [3.05, 3.63) is 70.8 Å². The molecule has 0 spiro atoms. The lowest BCUT2D eigenvalue weighted by molar-refractivity contribution is -0.110. The summed E-state index contributed by atoms with van der Waals surface area (Å²) >= 11 is 0. The van der Waals surface area contributed by atoms with E-state index < -0.39 is 11.6 Å². The first-order valence-electron chi connectivity index (χ1n) is 11.4. The summed E-state index contributed by atoms with van der Waals surface area (Å²) in [6.07, 6.45) is 7.57. The molecule has 1 saturated carbocycles. The number of benzene rings is 2. The number of hydrogen-bond donors (Lipinski definition) is 2. The van der Waals surface area contributed by atoms with Crippen LogP contribution >= 0.6 is 0 Å². The minimum atomic E-state index is -0.593. The summed E-state index contributed by atoms with van der Waals surface area (Å²) in [6, 6.07) is 12.2. The summed E-state index contributed by atoms with van der Waals surface area (Å²) < 4.78 is 27.1. The lowest BCUT2D eigenvalue weighted by Gasteiger charge is -2.40. The van der Waals surface area contributed by atoms with Gasteiger partial charge in [0.1, 0.15) is 11.6 Å². The molecule has 3 rings (SSSR count). The minimum absolute atomic E-state index is 0.0557. The third kappa shape index (κ3) is 6.36. The summed E-state index contributed by atoms with van der Waals surface area (Å²) in [5, 5.41) is 6.63. The van der Waals surface area contributed by atoms with E-state index in [0.29, 0.717) is 30.7 Å². The van der Waals surface area contributed by atoms with Gasteiger partial charge in [-0.25, -0.2) is 8.78 Å². The normalized spacial score (nSPS) is 16.8. The molecule has 0 bridgehead atoms. The largest absolute Gasteiger partial charge is 0.356 e. The highest BCUT2D eigenvalue weighted by Gasteiger charge is 2.33. The Balaban J connectivity index is 1.70. The Kier molecular flexibility index (Phi) is 8.19. The van der Waals surface area contributed by atoms with E-state index in [1.807, 2.05) is 0 Å². The molecule has 0 heterocycles. The number of halogens is 2. The molecule has 5 heteroatoms. The summed E-state index contributed by atoms with van der Waals surface area (Å²) in [6.45, 7) is 5.14. The van der Waals surface area contributed by atoms with E-state index in [-0.39, 0.29) is 11.6 Å². The fraction of sp³-hybridized carbons (Fsp3) is 0.500. The van der Waals surface area contributed by atoms with Crippen LogP contribution in [0, 0.1) is 11.6 Å². The molecule has 0 radical (unpaired) electrons. The second-order valence-electron chi connectivity index (χ2n) is 9.10. The SMILES string of the molecule is CC(C)c1cccc(C2(NCC[C@H](Cc3cc(F)cc(F)c3)NC=O)CCCCC2)c1. The Morgan fingerprint density at radius 3 is 2.39 bits per heavy atom. The molecule has 1 fully saturated rings. The van der Waals surface area contributed by atoms with Crippen LogP contribution in [0.3, 0.4) is 0 Å². The molecular weight excluding hydrogens is 394 g/mol. The van der Waals surface area contributed by atoms with Gasteiger partial charge in [0.15, 0.2) is 0 Å². The molecule has 1 aliphatic carbocycles. The van der Waals surface area contributed by atoms with Crippen molar-refractivity contribution < 1.29 is 13.6 Å². The topological polar surface area (TPSA) is 41.1 Å². The molecule has 1 atom stereocenters. The molecule has 2 N–H and O–H groups in total. The monoisotopic (exact) mass is 428 g/mol. The van der Waals surface area contributed by atoms with Gasteiger partial charge in [0.25, 0.3) is 0 Å². The van der Waals surface area contributed by atoms with Crippen LogP contribution in [-0.4, -0.2) is 19.0 Å². The second kappa shape index (κ2) is 10.9. The van der Waals surface area contributed by atoms with Crippen LogP contribution in [0.2, 0.25) is 0 Å². The first kappa shape index (κ1) is 23.4.